The van der Waals surface area contributed by atoms with Crippen molar-refractivity contribution in [3.8, 4) is 5.75 Å². The molecule has 3 aromatic rings. The molecule has 0 aliphatic heterocycles. The summed E-state index contributed by atoms with van der Waals surface area (Å²) < 4.78 is 25.0. The quantitative estimate of drug-likeness (QED) is 0.585. The number of sulfone groups is 1. The van der Waals surface area contributed by atoms with Gasteiger partial charge in [-0.05, 0) is 43.2 Å². The molecule has 2 N–H and O–H groups in total. The Balaban J connectivity index is 1.60. The summed E-state index contributed by atoms with van der Waals surface area (Å²) >= 11 is 1.61. The lowest BCUT2D eigenvalue weighted by atomic mass is 10.2. The van der Waals surface area contributed by atoms with Gasteiger partial charge in [-0.15, -0.1) is 11.3 Å². The summed E-state index contributed by atoms with van der Waals surface area (Å²) in [5.74, 6) is -0.491. The summed E-state index contributed by atoms with van der Waals surface area (Å²) in [6.07, 6.45) is 1.54. The molecule has 2 aromatic carbocycles. The number of para-hydroxylation sites is 1. The minimum atomic E-state index is -3.41. The van der Waals surface area contributed by atoms with Gasteiger partial charge >= 0.3 is 0 Å². The third-order valence-electron chi connectivity index (χ3n) is 4.11. The number of carbonyl (C=O) groups is 1. The monoisotopic (exact) mass is 404 g/mol. The first-order chi connectivity index (χ1) is 12.9. The van der Waals surface area contributed by atoms with E-state index in [0.29, 0.717) is 12.8 Å². The first-order valence-corrected chi connectivity index (χ1v) is 11.1. The molecule has 1 aromatic heterocycles. The van der Waals surface area contributed by atoms with E-state index in [4.69, 9.17) is 0 Å². The molecule has 8 heteroatoms. The highest BCUT2D eigenvalue weighted by Gasteiger charge is 2.15. The van der Waals surface area contributed by atoms with Crippen LogP contribution in [0.15, 0.2) is 47.4 Å². The molecular formula is C19H20N2O4S2. The van der Waals surface area contributed by atoms with E-state index in [-0.39, 0.29) is 34.4 Å². The minimum absolute atomic E-state index is 0.0483. The molecule has 0 atom stereocenters. The van der Waals surface area contributed by atoms with Crippen LogP contribution in [0.1, 0.15) is 24.8 Å². The molecule has 6 nitrogen and oxygen atoms in total. The zero-order chi connectivity index (χ0) is 19.4. The lowest BCUT2D eigenvalue weighted by Crippen LogP contribution is -2.12. The van der Waals surface area contributed by atoms with E-state index >= 15 is 0 Å². The second-order valence-corrected chi connectivity index (χ2v) is 9.45. The average Bonchev–Trinajstić information content (AvgIpc) is 3.06. The van der Waals surface area contributed by atoms with Crippen LogP contribution in [0.2, 0.25) is 0 Å². The van der Waals surface area contributed by atoms with E-state index in [2.05, 4.69) is 10.3 Å². The van der Waals surface area contributed by atoms with E-state index < -0.39 is 9.84 Å². The summed E-state index contributed by atoms with van der Waals surface area (Å²) in [7, 11) is -3.41. The van der Waals surface area contributed by atoms with Crippen molar-refractivity contribution < 1.29 is 18.3 Å². The maximum Gasteiger partial charge on any atom is 0.224 e. The lowest BCUT2D eigenvalue weighted by Gasteiger charge is -2.09. The number of thiazole rings is 1. The van der Waals surface area contributed by atoms with Gasteiger partial charge in [0.2, 0.25) is 5.91 Å². The molecule has 3 rings (SSSR count). The number of amides is 1. The fourth-order valence-corrected chi connectivity index (χ4v) is 4.53. The molecule has 0 saturated heterocycles. The maximum absolute atomic E-state index is 12.2. The second kappa shape index (κ2) is 8.06. The highest BCUT2D eigenvalue weighted by molar-refractivity contribution is 7.91. The zero-order valence-corrected chi connectivity index (χ0v) is 16.4. The summed E-state index contributed by atoms with van der Waals surface area (Å²) in [6, 6.07) is 11.8. The van der Waals surface area contributed by atoms with Gasteiger partial charge in [-0.2, -0.15) is 0 Å². The van der Waals surface area contributed by atoms with Gasteiger partial charge in [0.15, 0.2) is 9.84 Å². The molecule has 0 bridgehead atoms. The van der Waals surface area contributed by atoms with Crippen LogP contribution < -0.4 is 5.32 Å². The van der Waals surface area contributed by atoms with Crippen LogP contribution in [0.4, 0.5) is 5.69 Å². The van der Waals surface area contributed by atoms with Gasteiger partial charge in [-0.1, -0.05) is 19.1 Å². The maximum atomic E-state index is 12.2. The number of aryl methyl sites for hydroxylation is 1. The molecule has 1 amide bonds. The third-order valence-corrected chi connectivity index (χ3v) is 6.94. The van der Waals surface area contributed by atoms with E-state index in [1.807, 2.05) is 24.3 Å². The first kappa shape index (κ1) is 19.3. The first-order valence-electron chi connectivity index (χ1n) is 8.59. The van der Waals surface area contributed by atoms with Gasteiger partial charge in [-0.3, -0.25) is 4.79 Å². The lowest BCUT2D eigenvalue weighted by molar-refractivity contribution is -0.116. The highest BCUT2D eigenvalue weighted by Crippen LogP contribution is 2.27. The second-order valence-electron chi connectivity index (χ2n) is 6.06. The number of hydrogen-bond acceptors (Lipinski definition) is 6. The molecule has 0 spiro atoms. The standard InChI is InChI=1S/C19H20N2O4S2/c1-2-27(24,25)13-10-11-16(22)15(12-13)20-18(23)8-5-9-19-21-14-6-3-4-7-17(14)26-19/h3-4,6-7,10-12,22H,2,5,8-9H2,1H3,(H,20,23). The Bertz CT molecular complexity index is 1040. The molecule has 0 saturated carbocycles. The summed E-state index contributed by atoms with van der Waals surface area (Å²) in [4.78, 5) is 16.8. The van der Waals surface area contributed by atoms with Crippen molar-refractivity contribution >= 4 is 43.0 Å². The molecule has 0 aliphatic carbocycles. The van der Waals surface area contributed by atoms with Gasteiger partial charge in [0, 0.05) is 6.42 Å². The number of nitrogens with zero attached hydrogens (tertiary/aromatic N) is 1. The summed E-state index contributed by atoms with van der Waals surface area (Å²) in [6.45, 7) is 1.54. The topological polar surface area (TPSA) is 96.4 Å². The smallest absolute Gasteiger partial charge is 0.224 e. The van der Waals surface area contributed by atoms with Crippen LogP contribution >= 0.6 is 11.3 Å². The highest BCUT2D eigenvalue weighted by atomic mass is 32.2. The normalized spacial score (nSPS) is 11.6. The van der Waals surface area contributed by atoms with Crippen molar-refractivity contribution in [3.05, 3.63) is 47.5 Å². The number of fused-ring (bicyclic) bond motifs is 1. The van der Waals surface area contributed by atoms with Gasteiger partial charge < -0.3 is 10.4 Å². The van der Waals surface area contributed by atoms with Crippen molar-refractivity contribution in [1.29, 1.82) is 0 Å². The zero-order valence-electron chi connectivity index (χ0n) is 14.8. The summed E-state index contributed by atoms with van der Waals surface area (Å²) in [5.41, 5.74) is 1.07. The number of anilines is 1. The van der Waals surface area contributed by atoms with Crippen LogP contribution in [0.5, 0.6) is 5.75 Å². The third kappa shape index (κ3) is 4.64. The Morgan fingerprint density at radius 3 is 2.74 bits per heavy atom. The number of phenols is 1. The summed E-state index contributed by atoms with van der Waals surface area (Å²) in [5, 5.41) is 13.5. The van der Waals surface area contributed by atoms with Gasteiger partial charge in [0.1, 0.15) is 5.75 Å². The Morgan fingerprint density at radius 1 is 1.22 bits per heavy atom. The molecule has 0 unspecified atom stereocenters. The number of carbonyl (C=O) groups excluding carboxylic acids is 1. The number of benzene rings is 2. The molecule has 142 valence electrons. The molecule has 0 radical (unpaired) electrons. The van der Waals surface area contributed by atoms with Gasteiger partial charge in [0.05, 0.1) is 31.6 Å². The Morgan fingerprint density at radius 2 is 2.00 bits per heavy atom. The Labute approximate surface area is 161 Å². The van der Waals surface area contributed by atoms with Crippen molar-refractivity contribution in [2.24, 2.45) is 0 Å². The fraction of sp³-hybridized carbons (Fsp3) is 0.263. The van der Waals surface area contributed by atoms with Crippen molar-refractivity contribution in [1.82, 2.24) is 4.98 Å². The molecule has 0 fully saturated rings. The predicted octanol–water partition coefficient (Wildman–Crippen LogP) is 3.76. The Kier molecular flexibility index (Phi) is 5.76. The van der Waals surface area contributed by atoms with Gasteiger partial charge in [-0.25, -0.2) is 13.4 Å². The van der Waals surface area contributed by atoms with Crippen molar-refractivity contribution in [2.75, 3.05) is 11.1 Å². The predicted molar refractivity (Wildman–Crippen MR) is 107 cm³/mol. The SMILES string of the molecule is CCS(=O)(=O)c1ccc(O)c(NC(=O)CCCc2nc3ccccc3s2)c1. The van der Waals surface area contributed by atoms with E-state index in [0.717, 1.165) is 15.2 Å². The van der Waals surface area contributed by atoms with Gasteiger partial charge in [0.25, 0.3) is 0 Å². The molecule has 1 heterocycles. The molecule has 27 heavy (non-hydrogen) atoms. The number of nitrogens with one attached hydrogen (secondary N) is 1. The van der Waals surface area contributed by atoms with Crippen LogP contribution in [-0.4, -0.2) is 30.2 Å². The van der Waals surface area contributed by atoms with Crippen LogP contribution in [-0.2, 0) is 21.1 Å². The number of rotatable bonds is 7. The molecule has 0 aliphatic rings. The Hall–Kier alpha value is -2.45. The number of aromatic nitrogens is 1. The number of phenolic OH excluding ortho intramolecular Hbond substituents is 1. The number of hydrogen-bond donors (Lipinski definition) is 2. The largest absolute Gasteiger partial charge is 0.506 e. The average molecular weight is 405 g/mol. The van der Waals surface area contributed by atoms with Crippen LogP contribution in [0.3, 0.4) is 0 Å². The van der Waals surface area contributed by atoms with Crippen LogP contribution in [0, 0.1) is 0 Å². The number of aromatic hydroxyl groups is 1. The van der Waals surface area contributed by atoms with E-state index in [9.17, 15) is 18.3 Å². The van der Waals surface area contributed by atoms with E-state index in [1.54, 1.807) is 18.3 Å². The van der Waals surface area contributed by atoms with Crippen molar-refractivity contribution in [2.45, 2.75) is 31.1 Å². The van der Waals surface area contributed by atoms with Crippen LogP contribution in [0.25, 0.3) is 10.2 Å². The minimum Gasteiger partial charge on any atom is -0.506 e. The van der Waals surface area contributed by atoms with Crippen molar-refractivity contribution in [3.63, 3.8) is 0 Å². The fourth-order valence-electron chi connectivity index (χ4n) is 2.62. The van der Waals surface area contributed by atoms with E-state index in [1.165, 1.54) is 18.2 Å². The molecular weight excluding hydrogens is 384 g/mol.